The van der Waals surface area contributed by atoms with Crippen LogP contribution in [0.5, 0.6) is 0 Å². The molecule has 3 N–H and O–H groups in total. The molecule has 8 nitrogen and oxygen atoms in total. The van der Waals surface area contributed by atoms with Gasteiger partial charge in [-0.3, -0.25) is 14.2 Å². The monoisotopic (exact) mass is 479 g/mol. The van der Waals surface area contributed by atoms with E-state index in [0.717, 1.165) is 6.26 Å². The third-order valence-electron chi connectivity index (χ3n) is 3.97. The third kappa shape index (κ3) is 6.20. The number of amides is 1. The first-order valence-electron chi connectivity index (χ1n) is 8.80. The van der Waals surface area contributed by atoms with Gasteiger partial charge in [0, 0.05) is 16.9 Å². The highest BCUT2D eigenvalue weighted by Crippen LogP contribution is 2.24. The maximum atomic E-state index is 12.5. The molecule has 0 spiro atoms. The van der Waals surface area contributed by atoms with E-state index >= 15 is 0 Å². The van der Waals surface area contributed by atoms with E-state index in [-0.39, 0.29) is 26.9 Å². The van der Waals surface area contributed by atoms with Gasteiger partial charge in [0.05, 0.1) is 21.9 Å². The number of para-hydroxylation sites is 1. The normalized spacial score (nSPS) is 11.5. The van der Waals surface area contributed by atoms with Crippen molar-refractivity contribution < 1.29 is 21.6 Å². The zero-order chi connectivity index (χ0) is 22.6. The molecule has 0 fully saturated rings. The number of sulfonamides is 2. The number of carbonyl (C=O) groups excluding carboxylic acids is 1. The van der Waals surface area contributed by atoms with Crippen molar-refractivity contribution in [3.8, 4) is 0 Å². The fourth-order valence-corrected chi connectivity index (χ4v) is 4.48. The molecule has 0 bridgehead atoms. The highest BCUT2D eigenvalue weighted by Gasteiger charge is 2.16. The van der Waals surface area contributed by atoms with E-state index in [2.05, 4.69) is 14.8 Å². The topological polar surface area (TPSA) is 121 Å². The van der Waals surface area contributed by atoms with Gasteiger partial charge < -0.3 is 5.32 Å². The van der Waals surface area contributed by atoms with Gasteiger partial charge in [0.1, 0.15) is 0 Å². The van der Waals surface area contributed by atoms with E-state index < -0.39 is 26.0 Å². The minimum absolute atomic E-state index is 0.00947. The third-order valence-corrected chi connectivity index (χ3v) is 6.29. The van der Waals surface area contributed by atoms with Gasteiger partial charge in [-0.2, -0.15) is 0 Å². The van der Waals surface area contributed by atoms with Crippen LogP contribution in [0, 0.1) is 0 Å². The van der Waals surface area contributed by atoms with Crippen LogP contribution in [0.1, 0.15) is 10.4 Å². The molecule has 3 aromatic rings. The predicted octanol–water partition coefficient (Wildman–Crippen LogP) is 3.76. The van der Waals surface area contributed by atoms with E-state index in [1.807, 2.05) is 0 Å². The molecule has 3 rings (SSSR count). The molecule has 0 aromatic heterocycles. The predicted molar refractivity (Wildman–Crippen MR) is 122 cm³/mol. The van der Waals surface area contributed by atoms with Crippen molar-refractivity contribution in [3.63, 3.8) is 0 Å². The average molecular weight is 480 g/mol. The van der Waals surface area contributed by atoms with E-state index in [1.54, 1.807) is 30.3 Å². The molecule has 0 unspecified atom stereocenters. The molecular weight excluding hydrogens is 462 g/mol. The van der Waals surface area contributed by atoms with Gasteiger partial charge in [-0.25, -0.2) is 16.8 Å². The van der Waals surface area contributed by atoms with Crippen molar-refractivity contribution in [2.75, 3.05) is 21.0 Å². The number of benzene rings is 3. The number of halogens is 1. The Hall–Kier alpha value is -3.08. The lowest BCUT2D eigenvalue weighted by molar-refractivity contribution is 0.102. The molecule has 0 aliphatic rings. The van der Waals surface area contributed by atoms with E-state index in [4.69, 9.17) is 11.6 Å². The standard InChI is InChI=1S/C20H18ClN3O5S2/c1-30(26,27)23-16-6-4-5-14(13-16)20(25)22-15-9-11-17(12-10-15)31(28,29)24-19-8-3-2-7-18(19)21/h2-13,23-24H,1H3,(H,22,25). The van der Waals surface area contributed by atoms with E-state index in [0.29, 0.717) is 5.69 Å². The first kappa shape index (κ1) is 22.6. The van der Waals surface area contributed by atoms with Crippen LogP contribution in [0.15, 0.2) is 77.7 Å². The van der Waals surface area contributed by atoms with Crippen LogP contribution in [0.4, 0.5) is 17.1 Å². The van der Waals surface area contributed by atoms with E-state index in [1.165, 1.54) is 42.5 Å². The SMILES string of the molecule is CS(=O)(=O)Nc1cccc(C(=O)Nc2ccc(S(=O)(=O)Nc3ccccc3Cl)cc2)c1. The van der Waals surface area contributed by atoms with Gasteiger partial charge in [-0.05, 0) is 54.6 Å². The average Bonchev–Trinajstić information content (AvgIpc) is 2.69. The van der Waals surface area contributed by atoms with E-state index in [9.17, 15) is 21.6 Å². The van der Waals surface area contributed by atoms with Crippen molar-refractivity contribution in [2.45, 2.75) is 4.90 Å². The van der Waals surface area contributed by atoms with Gasteiger partial charge in [-0.1, -0.05) is 29.8 Å². The largest absolute Gasteiger partial charge is 0.322 e. The summed E-state index contributed by atoms with van der Waals surface area (Å²) in [5, 5.41) is 2.90. The molecule has 3 aromatic carbocycles. The van der Waals surface area contributed by atoms with Crippen LogP contribution in [0.2, 0.25) is 5.02 Å². The maximum absolute atomic E-state index is 12.5. The van der Waals surface area contributed by atoms with Gasteiger partial charge in [0.25, 0.3) is 15.9 Å². The Kier molecular flexibility index (Phi) is 6.54. The number of carbonyl (C=O) groups is 1. The maximum Gasteiger partial charge on any atom is 0.261 e. The van der Waals surface area contributed by atoms with Crippen LogP contribution >= 0.6 is 11.6 Å². The molecule has 0 saturated carbocycles. The molecule has 0 saturated heterocycles. The molecular formula is C20H18ClN3O5S2. The Morgan fingerprint density at radius 2 is 1.48 bits per heavy atom. The summed E-state index contributed by atoms with van der Waals surface area (Å²) < 4.78 is 52.5. The summed E-state index contributed by atoms with van der Waals surface area (Å²) in [5.74, 6) is -0.484. The second kappa shape index (κ2) is 8.96. The summed E-state index contributed by atoms with van der Waals surface area (Å²) in [6.07, 6.45) is 1.01. The summed E-state index contributed by atoms with van der Waals surface area (Å²) in [7, 11) is -7.34. The van der Waals surface area contributed by atoms with Crippen molar-refractivity contribution in [1.29, 1.82) is 0 Å². The molecule has 0 heterocycles. The minimum atomic E-state index is -3.87. The number of nitrogens with one attached hydrogen (secondary N) is 3. The van der Waals surface area contributed by atoms with Crippen LogP contribution in [0.25, 0.3) is 0 Å². The lowest BCUT2D eigenvalue weighted by Crippen LogP contribution is -2.15. The van der Waals surface area contributed by atoms with Crippen molar-refractivity contribution in [1.82, 2.24) is 0 Å². The van der Waals surface area contributed by atoms with Crippen molar-refractivity contribution >= 4 is 54.6 Å². The fourth-order valence-electron chi connectivity index (χ4n) is 2.61. The molecule has 0 atom stereocenters. The summed E-state index contributed by atoms with van der Waals surface area (Å²) in [6, 6.07) is 18.0. The number of anilines is 3. The quantitative estimate of drug-likeness (QED) is 0.476. The molecule has 11 heteroatoms. The van der Waals surface area contributed by atoms with Crippen LogP contribution in [-0.2, 0) is 20.0 Å². The minimum Gasteiger partial charge on any atom is -0.322 e. The van der Waals surface area contributed by atoms with Gasteiger partial charge >= 0.3 is 0 Å². The van der Waals surface area contributed by atoms with Gasteiger partial charge in [-0.15, -0.1) is 0 Å². The molecule has 1 amide bonds. The Labute approximate surface area is 185 Å². The molecule has 0 radical (unpaired) electrons. The van der Waals surface area contributed by atoms with Gasteiger partial charge in [0.15, 0.2) is 0 Å². The van der Waals surface area contributed by atoms with Gasteiger partial charge in [0.2, 0.25) is 10.0 Å². The Balaban J connectivity index is 1.73. The summed E-state index contributed by atoms with van der Waals surface area (Å²) in [5.41, 5.74) is 1.10. The number of hydrogen-bond acceptors (Lipinski definition) is 5. The van der Waals surface area contributed by atoms with Crippen molar-refractivity contribution in [3.05, 3.63) is 83.4 Å². The summed E-state index contributed by atoms with van der Waals surface area (Å²) in [6.45, 7) is 0. The molecule has 0 aliphatic carbocycles. The summed E-state index contributed by atoms with van der Waals surface area (Å²) >= 11 is 5.99. The number of rotatable bonds is 7. The first-order valence-corrected chi connectivity index (χ1v) is 12.6. The van der Waals surface area contributed by atoms with Crippen molar-refractivity contribution in [2.24, 2.45) is 0 Å². The Morgan fingerprint density at radius 3 is 2.13 bits per heavy atom. The summed E-state index contributed by atoms with van der Waals surface area (Å²) in [4.78, 5) is 12.4. The highest BCUT2D eigenvalue weighted by atomic mass is 35.5. The molecule has 31 heavy (non-hydrogen) atoms. The Morgan fingerprint density at radius 1 is 0.806 bits per heavy atom. The van der Waals surface area contributed by atoms with Crippen LogP contribution < -0.4 is 14.8 Å². The molecule has 0 aliphatic heterocycles. The second-order valence-corrected chi connectivity index (χ2v) is 10.4. The van der Waals surface area contributed by atoms with Crippen LogP contribution in [-0.4, -0.2) is 29.0 Å². The zero-order valence-electron chi connectivity index (χ0n) is 16.2. The second-order valence-electron chi connectivity index (χ2n) is 6.52. The fraction of sp³-hybridized carbons (Fsp3) is 0.0500. The van der Waals surface area contributed by atoms with Crippen LogP contribution in [0.3, 0.4) is 0 Å². The Bertz CT molecular complexity index is 1320. The zero-order valence-corrected chi connectivity index (χ0v) is 18.6. The lowest BCUT2D eigenvalue weighted by Gasteiger charge is -2.11. The molecule has 162 valence electrons. The number of hydrogen-bond donors (Lipinski definition) is 3. The lowest BCUT2D eigenvalue weighted by atomic mass is 10.2. The highest BCUT2D eigenvalue weighted by molar-refractivity contribution is 7.92. The smallest absolute Gasteiger partial charge is 0.261 e. The first-order chi connectivity index (χ1) is 14.5.